The van der Waals surface area contributed by atoms with E-state index < -0.39 is 53.0 Å². The number of halogens is 11. The fourth-order valence-corrected chi connectivity index (χ4v) is 1.45. The van der Waals surface area contributed by atoms with Crippen LogP contribution >= 0.6 is 0 Å². The molecular formula is C11H3F11O. The van der Waals surface area contributed by atoms with Crippen LogP contribution in [0, 0.1) is 0 Å². The van der Waals surface area contributed by atoms with E-state index in [-0.39, 0.29) is 12.1 Å². The number of hydrogen-bond acceptors (Lipinski definition) is 1. The molecule has 0 saturated carbocycles. The lowest BCUT2D eigenvalue weighted by atomic mass is 9.96. The average Bonchev–Trinajstić information content (AvgIpc) is 2.33. The Balaban J connectivity index is 3.63. The molecule has 0 radical (unpaired) electrons. The molecule has 0 N–H and O–H groups in total. The van der Waals surface area contributed by atoms with Gasteiger partial charge in [0.05, 0.1) is 11.1 Å². The van der Waals surface area contributed by atoms with Crippen LogP contribution in [0.2, 0.25) is 0 Å². The Hall–Kier alpha value is -1.88. The van der Waals surface area contributed by atoms with Crippen LogP contribution in [0.5, 0.6) is 0 Å². The summed E-state index contributed by atoms with van der Waals surface area (Å²) in [4.78, 5) is 11.1. The third-order valence-corrected chi connectivity index (χ3v) is 2.54. The van der Waals surface area contributed by atoms with E-state index in [9.17, 15) is 53.1 Å². The highest BCUT2D eigenvalue weighted by Crippen LogP contribution is 2.42. The minimum absolute atomic E-state index is 0.189. The summed E-state index contributed by atoms with van der Waals surface area (Å²) in [5.41, 5.74) is -6.74. The van der Waals surface area contributed by atoms with Gasteiger partial charge in [-0.3, -0.25) is 4.79 Å². The molecule has 0 aromatic heterocycles. The van der Waals surface area contributed by atoms with Crippen LogP contribution in [0.1, 0.15) is 21.5 Å². The molecule has 0 amide bonds. The predicted octanol–water partition coefficient (Wildman–Crippen LogP) is 5.10. The first-order valence-corrected chi connectivity index (χ1v) is 5.27. The monoisotopic (exact) mass is 360 g/mol. The third kappa shape index (κ3) is 3.72. The maximum Gasteiger partial charge on any atom is 0.461 e. The van der Waals surface area contributed by atoms with Gasteiger partial charge in [-0.25, -0.2) is 0 Å². The Morgan fingerprint density at radius 2 is 1.22 bits per heavy atom. The fourth-order valence-electron chi connectivity index (χ4n) is 1.45. The van der Waals surface area contributed by atoms with Crippen molar-refractivity contribution in [2.75, 3.05) is 0 Å². The summed E-state index contributed by atoms with van der Waals surface area (Å²) < 4.78 is 137. The van der Waals surface area contributed by atoms with Gasteiger partial charge < -0.3 is 0 Å². The van der Waals surface area contributed by atoms with E-state index in [1.54, 1.807) is 0 Å². The van der Waals surface area contributed by atoms with Crippen molar-refractivity contribution >= 4 is 5.78 Å². The summed E-state index contributed by atoms with van der Waals surface area (Å²) in [6, 6.07) is -1.27. The Kier molecular flexibility index (Phi) is 4.45. The number of rotatable bonds is 2. The molecular weight excluding hydrogens is 357 g/mol. The minimum Gasteiger partial charge on any atom is -0.287 e. The second-order valence-corrected chi connectivity index (χ2v) is 4.16. The van der Waals surface area contributed by atoms with Crippen LogP contribution in [-0.4, -0.2) is 17.9 Å². The third-order valence-electron chi connectivity index (χ3n) is 2.54. The second kappa shape index (κ2) is 5.34. The molecule has 23 heavy (non-hydrogen) atoms. The van der Waals surface area contributed by atoms with E-state index in [1.807, 2.05) is 0 Å². The zero-order valence-electron chi connectivity index (χ0n) is 10.3. The van der Waals surface area contributed by atoms with Crippen LogP contribution in [-0.2, 0) is 12.4 Å². The molecule has 0 heterocycles. The number of Topliss-reactive ketones (excluding diaryl/α,β-unsaturated/α-hetero) is 1. The summed E-state index contributed by atoms with van der Waals surface area (Å²) in [6.45, 7) is 0. The van der Waals surface area contributed by atoms with Crippen molar-refractivity contribution in [3.63, 3.8) is 0 Å². The molecule has 1 nitrogen and oxygen atoms in total. The molecule has 1 rings (SSSR count). The Morgan fingerprint density at radius 3 is 1.57 bits per heavy atom. The fraction of sp³-hybridized carbons (Fsp3) is 0.364. The number of benzene rings is 1. The van der Waals surface area contributed by atoms with Crippen LogP contribution < -0.4 is 0 Å². The lowest BCUT2D eigenvalue weighted by Crippen LogP contribution is -2.44. The van der Waals surface area contributed by atoms with Gasteiger partial charge in [-0.1, -0.05) is 0 Å². The summed E-state index contributed by atoms with van der Waals surface area (Å²) in [6.07, 6.45) is -17.5. The summed E-state index contributed by atoms with van der Waals surface area (Å²) in [7, 11) is 0. The van der Waals surface area contributed by atoms with Crippen LogP contribution in [0.25, 0.3) is 0 Å². The molecule has 0 saturated heterocycles. The van der Waals surface area contributed by atoms with Gasteiger partial charge in [-0.05, 0) is 18.2 Å². The highest BCUT2D eigenvalue weighted by molar-refractivity contribution is 6.03. The largest absolute Gasteiger partial charge is 0.461 e. The second-order valence-electron chi connectivity index (χ2n) is 4.16. The van der Waals surface area contributed by atoms with Crippen LogP contribution in [0.15, 0.2) is 18.2 Å². The normalized spacial score (nSPS) is 14.0. The van der Waals surface area contributed by atoms with Crippen molar-refractivity contribution in [2.45, 2.75) is 24.5 Å². The Morgan fingerprint density at radius 1 is 0.739 bits per heavy atom. The van der Waals surface area contributed by atoms with Crippen LogP contribution in [0.4, 0.5) is 48.3 Å². The topological polar surface area (TPSA) is 17.1 Å². The molecule has 0 aliphatic carbocycles. The molecule has 1 aromatic carbocycles. The molecule has 0 aliphatic rings. The molecule has 0 fully saturated rings. The van der Waals surface area contributed by atoms with E-state index in [0.717, 1.165) is 0 Å². The van der Waals surface area contributed by atoms with Crippen LogP contribution in [0.3, 0.4) is 0 Å². The predicted molar refractivity (Wildman–Crippen MR) is 51.8 cm³/mol. The van der Waals surface area contributed by atoms with Crippen molar-refractivity contribution < 1.29 is 53.1 Å². The summed E-state index contributed by atoms with van der Waals surface area (Å²) in [5, 5.41) is 0. The molecule has 130 valence electrons. The van der Waals surface area contributed by atoms with E-state index in [0.29, 0.717) is 0 Å². The summed E-state index contributed by atoms with van der Waals surface area (Å²) >= 11 is 0. The first-order chi connectivity index (χ1) is 9.99. The zero-order chi connectivity index (χ0) is 18.4. The zero-order valence-corrected chi connectivity index (χ0v) is 10.3. The average molecular weight is 360 g/mol. The maximum atomic E-state index is 12.9. The first kappa shape index (κ1) is 19.2. The lowest BCUT2D eigenvalue weighted by Gasteiger charge is -2.21. The number of hydrogen-bond donors (Lipinski definition) is 0. The summed E-state index contributed by atoms with van der Waals surface area (Å²) in [5.74, 6) is -9.71. The standard InChI is InChI=1S/C11H3F11O/c12-8(13,11(20,21)22)7(23)5-3-4(9(14,15)16)1-2-6(5)10(17,18)19/h1-3H. The van der Waals surface area contributed by atoms with Gasteiger partial charge >= 0.3 is 24.5 Å². The number of carbonyl (C=O) groups is 1. The molecule has 0 atom stereocenters. The van der Waals surface area contributed by atoms with Crippen molar-refractivity contribution in [1.29, 1.82) is 0 Å². The highest BCUT2D eigenvalue weighted by Gasteiger charge is 2.64. The Labute approximate surface area is 119 Å². The van der Waals surface area contributed by atoms with Gasteiger partial charge in [0.2, 0.25) is 5.78 Å². The molecule has 12 heteroatoms. The maximum absolute atomic E-state index is 12.9. The molecule has 0 bridgehead atoms. The quantitative estimate of drug-likeness (QED) is 0.530. The highest BCUT2D eigenvalue weighted by atomic mass is 19.4. The van der Waals surface area contributed by atoms with Gasteiger partial charge in [-0.2, -0.15) is 48.3 Å². The van der Waals surface area contributed by atoms with E-state index in [4.69, 9.17) is 0 Å². The smallest absolute Gasteiger partial charge is 0.287 e. The lowest BCUT2D eigenvalue weighted by molar-refractivity contribution is -0.256. The molecule has 0 aliphatic heterocycles. The van der Waals surface area contributed by atoms with E-state index in [2.05, 4.69) is 0 Å². The van der Waals surface area contributed by atoms with Gasteiger partial charge in [0.25, 0.3) is 0 Å². The van der Waals surface area contributed by atoms with E-state index in [1.165, 1.54) is 0 Å². The molecule has 1 aromatic rings. The van der Waals surface area contributed by atoms with Gasteiger partial charge in [0, 0.05) is 5.56 Å². The number of ketones is 1. The van der Waals surface area contributed by atoms with Crippen molar-refractivity contribution in [2.24, 2.45) is 0 Å². The van der Waals surface area contributed by atoms with Crippen molar-refractivity contribution in [3.05, 3.63) is 34.9 Å². The van der Waals surface area contributed by atoms with Gasteiger partial charge in [-0.15, -0.1) is 0 Å². The van der Waals surface area contributed by atoms with Crippen molar-refractivity contribution in [3.8, 4) is 0 Å². The first-order valence-electron chi connectivity index (χ1n) is 5.27. The van der Waals surface area contributed by atoms with Gasteiger partial charge in [0.15, 0.2) is 0 Å². The van der Waals surface area contributed by atoms with Gasteiger partial charge in [0.1, 0.15) is 0 Å². The molecule has 0 spiro atoms. The molecule has 0 unspecified atom stereocenters. The van der Waals surface area contributed by atoms with E-state index >= 15 is 0 Å². The number of alkyl halides is 11. The number of carbonyl (C=O) groups excluding carboxylic acids is 1. The Bertz CT molecular complexity index is 606. The minimum atomic E-state index is -6.57. The SMILES string of the molecule is O=C(c1cc(C(F)(F)F)ccc1C(F)(F)F)C(F)(F)C(F)(F)F. The van der Waals surface area contributed by atoms with Crippen molar-refractivity contribution in [1.82, 2.24) is 0 Å².